The van der Waals surface area contributed by atoms with Crippen LogP contribution in [0.1, 0.15) is 11.3 Å². The molecule has 1 aliphatic rings. The summed E-state index contributed by atoms with van der Waals surface area (Å²) < 4.78 is 22.5. The Morgan fingerprint density at radius 3 is 2.92 bits per heavy atom. The fraction of sp³-hybridized carbons (Fsp3) is 0.429. The zero-order chi connectivity index (χ0) is 9.47. The molecule has 6 heteroatoms. The summed E-state index contributed by atoms with van der Waals surface area (Å²) in [6, 6.07) is 1.58. The second kappa shape index (κ2) is 2.66. The smallest absolute Gasteiger partial charge is 0.154 e. The molecule has 2 rings (SSSR count). The van der Waals surface area contributed by atoms with Crippen molar-refractivity contribution in [3.63, 3.8) is 0 Å². The first-order valence-electron chi connectivity index (χ1n) is 3.88. The molecule has 0 amide bonds. The fourth-order valence-electron chi connectivity index (χ4n) is 1.37. The molecular weight excluding hydrogens is 190 g/mol. The van der Waals surface area contributed by atoms with Gasteiger partial charge in [0.05, 0.1) is 17.2 Å². The quantitative estimate of drug-likeness (QED) is 0.610. The predicted octanol–water partition coefficient (Wildman–Crippen LogP) is -0.470. The van der Waals surface area contributed by atoms with Gasteiger partial charge in [0.25, 0.3) is 0 Å². The number of nitrogen functional groups attached to an aromatic ring is 1. The van der Waals surface area contributed by atoms with Gasteiger partial charge < -0.3 is 5.73 Å². The minimum Gasteiger partial charge on any atom is -0.382 e. The van der Waals surface area contributed by atoms with Gasteiger partial charge in [-0.1, -0.05) is 0 Å². The van der Waals surface area contributed by atoms with Gasteiger partial charge in [-0.05, 0) is 11.6 Å². The van der Waals surface area contributed by atoms with Crippen LogP contribution in [0.15, 0.2) is 6.07 Å². The third-order valence-corrected chi connectivity index (χ3v) is 3.58. The van der Waals surface area contributed by atoms with E-state index in [1.165, 1.54) is 0 Å². The molecule has 1 aromatic heterocycles. The van der Waals surface area contributed by atoms with Crippen LogP contribution in [0, 0.1) is 0 Å². The van der Waals surface area contributed by atoms with Crippen molar-refractivity contribution in [2.75, 3.05) is 11.5 Å². The predicted molar refractivity (Wildman–Crippen MR) is 47.6 cm³/mol. The van der Waals surface area contributed by atoms with Crippen molar-refractivity contribution in [3.05, 3.63) is 17.3 Å². The molecule has 0 bridgehead atoms. The SMILES string of the molecule is Nc1cc2c(nn1)CCS(=O)(=O)C2. The number of rotatable bonds is 0. The molecule has 0 unspecified atom stereocenters. The molecule has 2 N–H and O–H groups in total. The summed E-state index contributed by atoms with van der Waals surface area (Å²) in [4.78, 5) is 0. The summed E-state index contributed by atoms with van der Waals surface area (Å²) in [5.41, 5.74) is 6.85. The van der Waals surface area contributed by atoms with E-state index in [9.17, 15) is 8.42 Å². The van der Waals surface area contributed by atoms with Crippen LogP contribution in [0.25, 0.3) is 0 Å². The zero-order valence-corrected chi connectivity index (χ0v) is 7.71. The van der Waals surface area contributed by atoms with E-state index in [0.29, 0.717) is 12.0 Å². The Labute approximate surface area is 75.9 Å². The fourth-order valence-corrected chi connectivity index (χ4v) is 2.74. The molecule has 0 radical (unpaired) electrons. The Morgan fingerprint density at radius 2 is 2.15 bits per heavy atom. The van der Waals surface area contributed by atoms with Crippen LogP contribution in [0.2, 0.25) is 0 Å². The second-order valence-electron chi connectivity index (χ2n) is 3.08. The number of fused-ring (bicyclic) bond motifs is 1. The molecular formula is C7H9N3O2S. The van der Waals surface area contributed by atoms with Crippen molar-refractivity contribution in [1.29, 1.82) is 0 Å². The average molecular weight is 199 g/mol. The van der Waals surface area contributed by atoms with E-state index < -0.39 is 9.84 Å². The maximum absolute atomic E-state index is 11.2. The minimum absolute atomic E-state index is 0.0437. The lowest BCUT2D eigenvalue weighted by molar-refractivity contribution is 0.590. The van der Waals surface area contributed by atoms with Crippen molar-refractivity contribution in [3.8, 4) is 0 Å². The van der Waals surface area contributed by atoms with E-state index in [2.05, 4.69) is 10.2 Å². The van der Waals surface area contributed by atoms with Crippen LogP contribution in [0.4, 0.5) is 5.82 Å². The first-order chi connectivity index (χ1) is 6.07. The van der Waals surface area contributed by atoms with Gasteiger partial charge in [0.15, 0.2) is 9.84 Å². The molecule has 2 heterocycles. The van der Waals surface area contributed by atoms with Gasteiger partial charge >= 0.3 is 0 Å². The highest BCUT2D eigenvalue weighted by Gasteiger charge is 2.22. The summed E-state index contributed by atoms with van der Waals surface area (Å²) in [5.74, 6) is 0.483. The molecule has 0 spiro atoms. The number of aryl methyl sites for hydroxylation is 1. The lowest BCUT2D eigenvalue weighted by Crippen LogP contribution is -2.20. The molecule has 0 aromatic carbocycles. The Bertz CT molecular complexity index is 441. The minimum atomic E-state index is -2.94. The van der Waals surface area contributed by atoms with Gasteiger partial charge in [0.2, 0.25) is 0 Å². The molecule has 1 aromatic rings. The van der Waals surface area contributed by atoms with Gasteiger partial charge in [-0.15, -0.1) is 5.10 Å². The highest BCUT2D eigenvalue weighted by Crippen LogP contribution is 2.18. The second-order valence-corrected chi connectivity index (χ2v) is 5.27. The van der Waals surface area contributed by atoms with E-state index in [1.54, 1.807) is 6.07 Å². The number of nitrogens with two attached hydrogens (primary N) is 1. The zero-order valence-electron chi connectivity index (χ0n) is 6.90. The van der Waals surface area contributed by atoms with Gasteiger partial charge in [0.1, 0.15) is 5.82 Å². The lowest BCUT2D eigenvalue weighted by atomic mass is 10.2. The molecule has 0 atom stereocenters. The Morgan fingerprint density at radius 1 is 1.38 bits per heavy atom. The van der Waals surface area contributed by atoms with E-state index in [1.807, 2.05) is 0 Å². The van der Waals surface area contributed by atoms with E-state index >= 15 is 0 Å². The van der Waals surface area contributed by atoms with Gasteiger partial charge in [-0.3, -0.25) is 0 Å². The molecule has 70 valence electrons. The number of anilines is 1. The van der Waals surface area contributed by atoms with Crippen molar-refractivity contribution in [2.45, 2.75) is 12.2 Å². The standard InChI is InChI=1S/C7H9N3O2S/c8-7-3-5-4-13(11,12)2-1-6(5)9-10-7/h3H,1-2,4H2,(H2,8,10). The topological polar surface area (TPSA) is 85.9 Å². The third kappa shape index (κ3) is 1.62. The van der Waals surface area contributed by atoms with Crippen LogP contribution in [-0.4, -0.2) is 24.4 Å². The molecule has 13 heavy (non-hydrogen) atoms. The van der Waals surface area contributed by atoms with Crippen molar-refractivity contribution in [2.24, 2.45) is 0 Å². The summed E-state index contributed by atoms with van der Waals surface area (Å²) in [7, 11) is -2.94. The van der Waals surface area contributed by atoms with E-state index in [0.717, 1.165) is 5.69 Å². The number of hydrogen-bond acceptors (Lipinski definition) is 5. The van der Waals surface area contributed by atoms with E-state index in [-0.39, 0.29) is 17.3 Å². The highest BCUT2D eigenvalue weighted by atomic mass is 32.2. The Kier molecular flexibility index (Phi) is 1.73. The van der Waals surface area contributed by atoms with Gasteiger partial charge in [-0.2, -0.15) is 5.10 Å². The highest BCUT2D eigenvalue weighted by molar-refractivity contribution is 7.90. The van der Waals surface area contributed by atoms with Crippen LogP contribution in [0.3, 0.4) is 0 Å². The summed E-state index contributed by atoms with van der Waals surface area (Å²) >= 11 is 0. The number of hydrogen-bond donors (Lipinski definition) is 1. The monoisotopic (exact) mass is 199 g/mol. The van der Waals surface area contributed by atoms with Gasteiger partial charge in [0, 0.05) is 6.42 Å². The summed E-state index contributed by atoms with van der Waals surface area (Å²) in [5, 5.41) is 7.52. The first-order valence-corrected chi connectivity index (χ1v) is 5.70. The Balaban J connectivity index is 2.50. The summed E-state index contributed by atoms with van der Waals surface area (Å²) in [6.45, 7) is 0. The molecule has 0 aliphatic carbocycles. The molecule has 0 saturated heterocycles. The number of nitrogens with zero attached hydrogens (tertiary/aromatic N) is 2. The molecule has 0 fully saturated rings. The van der Waals surface area contributed by atoms with E-state index in [4.69, 9.17) is 5.73 Å². The van der Waals surface area contributed by atoms with Crippen molar-refractivity contribution >= 4 is 15.7 Å². The van der Waals surface area contributed by atoms with Crippen LogP contribution in [-0.2, 0) is 22.0 Å². The van der Waals surface area contributed by atoms with Gasteiger partial charge in [-0.25, -0.2) is 8.42 Å². The maximum atomic E-state index is 11.2. The third-order valence-electron chi connectivity index (χ3n) is 2.00. The number of sulfone groups is 1. The van der Waals surface area contributed by atoms with Crippen molar-refractivity contribution in [1.82, 2.24) is 10.2 Å². The number of aromatic nitrogens is 2. The van der Waals surface area contributed by atoms with Crippen LogP contribution < -0.4 is 5.73 Å². The normalized spacial score (nSPS) is 19.4. The van der Waals surface area contributed by atoms with Crippen molar-refractivity contribution < 1.29 is 8.42 Å². The van der Waals surface area contributed by atoms with Crippen LogP contribution >= 0.6 is 0 Å². The lowest BCUT2D eigenvalue weighted by Gasteiger charge is -2.14. The largest absolute Gasteiger partial charge is 0.382 e. The molecule has 1 aliphatic heterocycles. The average Bonchev–Trinajstić information content (AvgIpc) is 2.01. The Hall–Kier alpha value is -1.17. The maximum Gasteiger partial charge on any atom is 0.154 e. The first kappa shape index (κ1) is 8.43. The summed E-state index contributed by atoms with van der Waals surface area (Å²) in [6.07, 6.45) is 0.449. The molecule has 0 saturated carbocycles. The molecule has 5 nitrogen and oxygen atoms in total. The van der Waals surface area contributed by atoms with Crippen LogP contribution in [0.5, 0.6) is 0 Å².